The Bertz CT molecular complexity index is 1230. The summed E-state index contributed by atoms with van der Waals surface area (Å²) in [5.74, 6) is -0.866. The fourth-order valence-corrected chi connectivity index (χ4v) is 4.50. The third kappa shape index (κ3) is 5.01. The maximum Gasteiger partial charge on any atom is 0.326 e. The van der Waals surface area contributed by atoms with E-state index in [-0.39, 0.29) is 23.6 Å². The van der Waals surface area contributed by atoms with E-state index in [9.17, 15) is 18.0 Å². The molecule has 0 radical (unpaired) electrons. The SMILES string of the molecule is CCCCS(=O)(=O)NC(=O)c1ccc2[nH]c(=O)n(Cc3ccc(Cl)cc3Cl)c2c1. The first-order chi connectivity index (χ1) is 13.7. The Hall–Kier alpha value is -2.29. The second-order valence-corrected chi connectivity index (χ2v) is 9.27. The molecule has 10 heteroatoms. The molecule has 0 unspecified atom stereocenters. The van der Waals surface area contributed by atoms with Gasteiger partial charge in [-0.15, -0.1) is 0 Å². The molecule has 29 heavy (non-hydrogen) atoms. The maximum atomic E-state index is 12.4. The molecule has 2 N–H and O–H groups in total. The van der Waals surface area contributed by atoms with E-state index >= 15 is 0 Å². The van der Waals surface area contributed by atoms with Gasteiger partial charge in [0.05, 0.1) is 23.3 Å². The molecule has 0 aliphatic heterocycles. The third-order valence-corrected chi connectivity index (χ3v) is 6.31. The predicted octanol–water partition coefficient (Wildman–Crippen LogP) is 3.54. The zero-order valence-electron chi connectivity index (χ0n) is 15.5. The minimum atomic E-state index is -3.71. The highest BCUT2D eigenvalue weighted by molar-refractivity contribution is 7.90. The number of carbonyl (C=O) groups excluding carboxylic acids is 1. The summed E-state index contributed by atoms with van der Waals surface area (Å²) < 4.78 is 27.5. The lowest BCUT2D eigenvalue weighted by molar-refractivity contribution is 0.0981. The van der Waals surface area contributed by atoms with Gasteiger partial charge in [0.15, 0.2) is 0 Å². The van der Waals surface area contributed by atoms with E-state index in [1.165, 1.54) is 16.7 Å². The van der Waals surface area contributed by atoms with Crippen LogP contribution in [-0.2, 0) is 16.6 Å². The van der Waals surface area contributed by atoms with Gasteiger partial charge in [-0.1, -0.05) is 42.6 Å². The molecule has 1 amide bonds. The van der Waals surface area contributed by atoms with Crippen molar-refractivity contribution in [1.82, 2.24) is 14.3 Å². The fraction of sp³-hybridized carbons (Fsp3) is 0.263. The Morgan fingerprint density at radius 2 is 1.93 bits per heavy atom. The first kappa shape index (κ1) is 21.4. The Morgan fingerprint density at radius 3 is 2.62 bits per heavy atom. The monoisotopic (exact) mass is 455 g/mol. The number of carbonyl (C=O) groups is 1. The normalized spacial score (nSPS) is 11.7. The lowest BCUT2D eigenvalue weighted by Gasteiger charge is -2.08. The van der Waals surface area contributed by atoms with Crippen molar-refractivity contribution in [3.8, 4) is 0 Å². The molecule has 3 rings (SSSR count). The van der Waals surface area contributed by atoms with Gasteiger partial charge in [0.25, 0.3) is 5.91 Å². The van der Waals surface area contributed by atoms with Gasteiger partial charge in [-0.2, -0.15) is 0 Å². The standard InChI is InChI=1S/C19H19Cl2N3O4S/c1-2-3-8-29(27,28)23-18(25)12-5-7-16-17(9-12)24(19(26)22-16)11-13-4-6-14(20)10-15(13)21/h4-7,9-10H,2-3,8,11H2,1H3,(H,22,26)(H,23,25). The number of rotatable bonds is 7. The number of nitrogens with one attached hydrogen (secondary N) is 2. The molecule has 1 heterocycles. The summed E-state index contributed by atoms with van der Waals surface area (Å²) in [6, 6.07) is 9.46. The van der Waals surface area contributed by atoms with Gasteiger partial charge >= 0.3 is 5.69 Å². The quantitative estimate of drug-likeness (QED) is 0.568. The van der Waals surface area contributed by atoms with Crippen molar-refractivity contribution in [1.29, 1.82) is 0 Å². The van der Waals surface area contributed by atoms with Crippen molar-refractivity contribution in [2.24, 2.45) is 0 Å². The van der Waals surface area contributed by atoms with Crippen molar-refractivity contribution in [2.75, 3.05) is 5.75 Å². The topological polar surface area (TPSA) is 101 Å². The first-order valence-electron chi connectivity index (χ1n) is 8.91. The summed E-state index contributed by atoms with van der Waals surface area (Å²) in [7, 11) is -3.71. The molecular formula is C19H19Cl2N3O4S. The molecule has 7 nitrogen and oxygen atoms in total. The molecule has 0 saturated heterocycles. The molecule has 0 fully saturated rings. The number of sulfonamides is 1. The third-order valence-electron chi connectivity index (χ3n) is 4.40. The second kappa shape index (κ2) is 8.61. The van der Waals surface area contributed by atoms with Crippen LogP contribution in [0.15, 0.2) is 41.2 Å². The van der Waals surface area contributed by atoms with Gasteiger partial charge < -0.3 is 4.98 Å². The molecule has 0 aliphatic rings. The summed E-state index contributed by atoms with van der Waals surface area (Å²) in [4.78, 5) is 27.5. The van der Waals surface area contributed by atoms with Gasteiger partial charge in [0, 0.05) is 15.6 Å². The molecule has 0 atom stereocenters. The average molecular weight is 456 g/mol. The number of halogens is 2. The highest BCUT2D eigenvalue weighted by Crippen LogP contribution is 2.23. The van der Waals surface area contributed by atoms with Crippen LogP contribution in [-0.4, -0.2) is 29.6 Å². The number of benzene rings is 2. The van der Waals surface area contributed by atoms with E-state index in [1.807, 2.05) is 6.92 Å². The first-order valence-corrected chi connectivity index (χ1v) is 11.3. The number of hydrogen-bond acceptors (Lipinski definition) is 4. The molecule has 154 valence electrons. The number of aromatic amines is 1. The number of nitrogens with zero attached hydrogens (tertiary/aromatic N) is 1. The van der Waals surface area contributed by atoms with Crippen LogP contribution in [0.3, 0.4) is 0 Å². The summed E-state index contributed by atoms with van der Waals surface area (Å²) >= 11 is 12.1. The van der Waals surface area contributed by atoms with Gasteiger partial charge in [-0.25, -0.2) is 17.9 Å². The Balaban J connectivity index is 1.94. The highest BCUT2D eigenvalue weighted by atomic mass is 35.5. The largest absolute Gasteiger partial charge is 0.326 e. The molecule has 0 bridgehead atoms. The molecule has 1 aromatic heterocycles. The van der Waals surface area contributed by atoms with E-state index in [1.54, 1.807) is 24.3 Å². The van der Waals surface area contributed by atoms with Crippen LogP contribution in [0, 0.1) is 0 Å². The molecule has 2 aromatic carbocycles. The predicted molar refractivity (Wildman–Crippen MR) is 114 cm³/mol. The Labute approximate surface area is 177 Å². The summed E-state index contributed by atoms with van der Waals surface area (Å²) in [6.45, 7) is 2.03. The lowest BCUT2D eigenvalue weighted by atomic mass is 10.2. The molecule has 0 spiro atoms. The van der Waals surface area contributed by atoms with Crippen LogP contribution < -0.4 is 10.4 Å². The maximum absolute atomic E-state index is 12.4. The zero-order chi connectivity index (χ0) is 21.2. The Morgan fingerprint density at radius 1 is 1.17 bits per heavy atom. The number of unbranched alkanes of at least 4 members (excludes halogenated alkanes) is 1. The number of amides is 1. The second-order valence-electron chi connectivity index (χ2n) is 6.59. The van der Waals surface area contributed by atoms with Crippen molar-refractivity contribution in [3.63, 3.8) is 0 Å². The number of aromatic nitrogens is 2. The minimum absolute atomic E-state index is 0.124. The number of hydrogen-bond donors (Lipinski definition) is 2. The van der Waals surface area contributed by atoms with Crippen LogP contribution in [0.1, 0.15) is 35.7 Å². The molecule has 0 saturated carbocycles. The van der Waals surface area contributed by atoms with Crippen molar-refractivity contribution < 1.29 is 13.2 Å². The number of fused-ring (bicyclic) bond motifs is 1. The van der Waals surface area contributed by atoms with Crippen LogP contribution in [0.25, 0.3) is 11.0 Å². The van der Waals surface area contributed by atoms with Crippen LogP contribution >= 0.6 is 23.2 Å². The zero-order valence-corrected chi connectivity index (χ0v) is 17.9. The summed E-state index contributed by atoms with van der Waals surface area (Å²) in [5, 5.41) is 0.892. The highest BCUT2D eigenvalue weighted by Gasteiger charge is 2.17. The molecular weight excluding hydrogens is 437 g/mol. The van der Waals surface area contributed by atoms with E-state index in [0.717, 1.165) is 0 Å². The summed E-state index contributed by atoms with van der Waals surface area (Å²) in [6.07, 6.45) is 1.16. The van der Waals surface area contributed by atoms with Gasteiger partial charge in [0.1, 0.15) is 0 Å². The Kier molecular flexibility index (Phi) is 6.36. The fourth-order valence-electron chi connectivity index (χ4n) is 2.86. The minimum Gasteiger partial charge on any atom is -0.306 e. The lowest BCUT2D eigenvalue weighted by Crippen LogP contribution is -2.32. The van der Waals surface area contributed by atoms with E-state index < -0.39 is 15.9 Å². The van der Waals surface area contributed by atoms with E-state index in [2.05, 4.69) is 9.71 Å². The number of imidazole rings is 1. The molecule has 0 aliphatic carbocycles. The van der Waals surface area contributed by atoms with Gasteiger partial charge in [0.2, 0.25) is 10.0 Å². The summed E-state index contributed by atoms with van der Waals surface area (Å²) in [5.41, 5.74) is 1.41. The van der Waals surface area contributed by atoms with Crippen LogP contribution in [0.4, 0.5) is 0 Å². The van der Waals surface area contributed by atoms with Crippen molar-refractivity contribution in [3.05, 3.63) is 68.1 Å². The smallest absolute Gasteiger partial charge is 0.306 e. The molecule has 3 aromatic rings. The average Bonchev–Trinajstić information content (AvgIpc) is 2.96. The van der Waals surface area contributed by atoms with Gasteiger partial charge in [-0.3, -0.25) is 9.36 Å². The van der Waals surface area contributed by atoms with Crippen LogP contribution in [0.5, 0.6) is 0 Å². The van der Waals surface area contributed by atoms with Crippen LogP contribution in [0.2, 0.25) is 10.0 Å². The van der Waals surface area contributed by atoms with Crippen molar-refractivity contribution in [2.45, 2.75) is 26.3 Å². The van der Waals surface area contributed by atoms with Crippen molar-refractivity contribution >= 4 is 50.2 Å². The number of H-pyrrole nitrogens is 1. The van der Waals surface area contributed by atoms with E-state index in [0.29, 0.717) is 39.5 Å². The van der Waals surface area contributed by atoms with E-state index in [4.69, 9.17) is 23.2 Å². The van der Waals surface area contributed by atoms with Gasteiger partial charge in [-0.05, 0) is 42.3 Å².